The maximum absolute atomic E-state index is 10.9. The third kappa shape index (κ3) is 4.09. The van der Waals surface area contributed by atoms with Crippen LogP contribution in [0.4, 0.5) is 0 Å². The van der Waals surface area contributed by atoms with Gasteiger partial charge in [0.2, 0.25) is 0 Å². The second kappa shape index (κ2) is 7.15. The number of hydrogen-bond donors (Lipinski definition) is 2. The molecule has 0 saturated carbocycles. The van der Waals surface area contributed by atoms with Crippen LogP contribution in [0.2, 0.25) is 0 Å². The van der Waals surface area contributed by atoms with Crippen molar-refractivity contribution in [2.45, 2.75) is 45.1 Å². The Hall–Kier alpha value is -3.08. The van der Waals surface area contributed by atoms with Gasteiger partial charge in [-0.1, -0.05) is 37.2 Å². The van der Waals surface area contributed by atoms with E-state index in [9.17, 15) is 10.0 Å². The molecule has 0 saturated heterocycles. The van der Waals surface area contributed by atoms with Crippen LogP contribution >= 0.6 is 0 Å². The van der Waals surface area contributed by atoms with Gasteiger partial charge in [0.05, 0.1) is 5.56 Å². The number of hydrogen-bond acceptors (Lipinski definition) is 4. The first kappa shape index (κ1) is 19.7. The molecule has 0 aromatic heterocycles. The number of allylic oxidation sites excluding steroid dienone is 1. The largest absolute Gasteiger partial charge is 0.488 e. The quantitative estimate of drug-likeness (QED) is 0.439. The van der Waals surface area contributed by atoms with Crippen LogP contribution in [-0.4, -0.2) is 27.6 Å². The van der Waals surface area contributed by atoms with Gasteiger partial charge in [-0.15, -0.1) is 0 Å². The molecule has 1 aliphatic heterocycles. The number of benzene rings is 2. The molecular weight excluding hydrogens is 354 g/mol. The van der Waals surface area contributed by atoms with Crippen molar-refractivity contribution in [1.29, 1.82) is 0 Å². The van der Waals surface area contributed by atoms with E-state index in [2.05, 4.69) is 32.9 Å². The molecule has 5 heteroatoms. The van der Waals surface area contributed by atoms with Crippen LogP contribution in [0.25, 0.3) is 6.08 Å². The predicted octanol–water partition coefficient (Wildman–Crippen LogP) is 5.12. The van der Waals surface area contributed by atoms with Crippen LogP contribution < -0.4 is 4.74 Å². The highest BCUT2D eigenvalue weighted by molar-refractivity contribution is 6.10. The number of carbonyl (C=O) groups is 1. The highest BCUT2D eigenvalue weighted by Gasteiger charge is 2.39. The molecule has 2 aromatic carbocycles. The standard InChI is InChI=1S/C23H25NO4/c1-22(2)14-23(3,4)28-20-12-10-17(13-18(20)22)19(24-27)11-7-15-5-8-16(9-6-15)21(25)26/h5-13,27H,14H2,1-4H3,(H,25,26)/b11-7-,24-19-. The van der Waals surface area contributed by atoms with Crippen LogP contribution in [0.3, 0.4) is 0 Å². The summed E-state index contributed by atoms with van der Waals surface area (Å²) in [6.07, 6.45) is 4.37. The van der Waals surface area contributed by atoms with Crippen molar-refractivity contribution in [3.05, 3.63) is 70.8 Å². The molecule has 0 radical (unpaired) electrons. The summed E-state index contributed by atoms with van der Waals surface area (Å²) in [5.41, 5.74) is 3.05. The van der Waals surface area contributed by atoms with Crippen molar-refractivity contribution < 1.29 is 19.8 Å². The molecule has 0 bridgehead atoms. The zero-order valence-corrected chi connectivity index (χ0v) is 16.6. The molecule has 3 rings (SSSR count). The molecule has 0 amide bonds. The van der Waals surface area contributed by atoms with Crippen molar-refractivity contribution in [1.82, 2.24) is 0 Å². The minimum Gasteiger partial charge on any atom is -0.488 e. The second-order valence-electron chi connectivity index (χ2n) is 8.38. The lowest BCUT2D eigenvalue weighted by molar-refractivity contribution is 0.0534. The highest BCUT2D eigenvalue weighted by atomic mass is 16.5. The topological polar surface area (TPSA) is 79.1 Å². The number of carboxylic acid groups (broad SMARTS) is 1. The van der Waals surface area contributed by atoms with E-state index in [1.807, 2.05) is 18.2 Å². The number of aromatic carboxylic acids is 1. The fraction of sp³-hybridized carbons (Fsp3) is 0.304. The summed E-state index contributed by atoms with van der Waals surface area (Å²) in [4.78, 5) is 10.9. The summed E-state index contributed by atoms with van der Waals surface area (Å²) in [7, 11) is 0. The average Bonchev–Trinajstić information content (AvgIpc) is 2.61. The van der Waals surface area contributed by atoms with Crippen LogP contribution in [0.15, 0.2) is 53.7 Å². The fourth-order valence-corrected chi connectivity index (χ4v) is 3.90. The first-order chi connectivity index (χ1) is 13.1. The van der Waals surface area contributed by atoms with Crippen molar-refractivity contribution in [3.8, 4) is 5.75 Å². The number of fused-ring (bicyclic) bond motifs is 1. The molecule has 2 aromatic rings. The summed E-state index contributed by atoms with van der Waals surface area (Å²) >= 11 is 0. The number of rotatable bonds is 4. The van der Waals surface area contributed by atoms with Gasteiger partial charge in [-0.3, -0.25) is 0 Å². The molecule has 5 nitrogen and oxygen atoms in total. The molecule has 2 N–H and O–H groups in total. The molecule has 0 spiro atoms. The van der Waals surface area contributed by atoms with Crippen LogP contribution in [0.5, 0.6) is 5.75 Å². The van der Waals surface area contributed by atoms with E-state index in [1.54, 1.807) is 24.3 Å². The van der Waals surface area contributed by atoms with E-state index in [1.165, 1.54) is 12.1 Å². The smallest absolute Gasteiger partial charge is 0.335 e. The molecule has 0 fully saturated rings. The number of carboxylic acids is 1. The normalized spacial score (nSPS) is 17.8. The summed E-state index contributed by atoms with van der Waals surface area (Å²) in [6, 6.07) is 12.3. The lowest BCUT2D eigenvalue weighted by Gasteiger charge is -2.42. The van der Waals surface area contributed by atoms with E-state index >= 15 is 0 Å². The third-order valence-electron chi connectivity index (χ3n) is 4.96. The van der Waals surface area contributed by atoms with Gasteiger partial charge in [0.15, 0.2) is 0 Å². The van der Waals surface area contributed by atoms with Crippen LogP contribution in [-0.2, 0) is 5.41 Å². The molecular formula is C23H25NO4. The Kier molecular flexibility index (Phi) is 5.02. The SMILES string of the molecule is CC1(C)CC(C)(C)c2cc(C(/C=C\c3ccc(C(=O)O)cc3)=N\O)ccc2O1. The Bertz CT molecular complexity index is 953. The number of oxime groups is 1. The zero-order valence-electron chi connectivity index (χ0n) is 16.6. The Morgan fingerprint density at radius 3 is 2.32 bits per heavy atom. The molecule has 0 atom stereocenters. The van der Waals surface area contributed by atoms with Gasteiger partial charge in [-0.25, -0.2) is 4.79 Å². The Balaban J connectivity index is 1.89. The van der Waals surface area contributed by atoms with E-state index in [4.69, 9.17) is 9.84 Å². The summed E-state index contributed by atoms with van der Waals surface area (Å²) in [6.45, 7) is 8.56. The van der Waals surface area contributed by atoms with Crippen molar-refractivity contribution in [3.63, 3.8) is 0 Å². The average molecular weight is 379 g/mol. The molecule has 28 heavy (non-hydrogen) atoms. The number of ether oxygens (including phenoxy) is 1. The van der Waals surface area contributed by atoms with E-state index in [-0.39, 0.29) is 16.6 Å². The second-order valence-corrected chi connectivity index (χ2v) is 8.38. The molecule has 1 aliphatic rings. The first-order valence-corrected chi connectivity index (χ1v) is 9.19. The van der Waals surface area contributed by atoms with Gasteiger partial charge in [0.25, 0.3) is 0 Å². The number of nitrogens with zero attached hydrogens (tertiary/aromatic N) is 1. The van der Waals surface area contributed by atoms with Crippen molar-refractivity contribution >= 4 is 17.8 Å². The van der Waals surface area contributed by atoms with Crippen LogP contribution in [0.1, 0.15) is 61.2 Å². The van der Waals surface area contributed by atoms with Gasteiger partial charge in [-0.05, 0) is 67.7 Å². The van der Waals surface area contributed by atoms with Crippen molar-refractivity contribution in [2.24, 2.45) is 5.16 Å². The Morgan fingerprint density at radius 1 is 1.07 bits per heavy atom. The van der Waals surface area contributed by atoms with E-state index in [0.29, 0.717) is 5.71 Å². The fourth-order valence-electron chi connectivity index (χ4n) is 3.90. The van der Waals surface area contributed by atoms with Crippen LogP contribution in [0, 0.1) is 0 Å². The van der Waals surface area contributed by atoms with Gasteiger partial charge < -0.3 is 15.1 Å². The van der Waals surface area contributed by atoms with Gasteiger partial charge >= 0.3 is 5.97 Å². The maximum Gasteiger partial charge on any atom is 0.335 e. The van der Waals surface area contributed by atoms with Gasteiger partial charge in [0, 0.05) is 11.1 Å². The molecule has 0 unspecified atom stereocenters. The summed E-state index contributed by atoms with van der Waals surface area (Å²) in [5.74, 6) is -0.106. The lowest BCUT2D eigenvalue weighted by Crippen LogP contribution is -2.41. The lowest BCUT2D eigenvalue weighted by atomic mass is 9.73. The third-order valence-corrected chi connectivity index (χ3v) is 4.96. The zero-order chi connectivity index (χ0) is 20.5. The van der Waals surface area contributed by atoms with E-state index in [0.717, 1.165) is 28.9 Å². The van der Waals surface area contributed by atoms with Crippen molar-refractivity contribution in [2.75, 3.05) is 0 Å². The predicted molar refractivity (Wildman–Crippen MR) is 110 cm³/mol. The van der Waals surface area contributed by atoms with Gasteiger partial charge in [0.1, 0.15) is 17.1 Å². The Labute approximate surface area is 165 Å². The molecule has 1 heterocycles. The summed E-state index contributed by atoms with van der Waals surface area (Å²) in [5, 5.41) is 21.9. The first-order valence-electron chi connectivity index (χ1n) is 9.19. The maximum atomic E-state index is 10.9. The highest BCUT2D eigenvalue weighted by Crippen LogP contribution is 2.44. The monoisotopic (exact) mass is 379 g/mol. The molecule has 0 aliphatic carbocycles. The minimum absolute atomic E-state index is 0.0654. The van der Waals surface area contributed by atoms with Gasteiger partial charge in [-0.2, -0.15) is 0 Å². The molecule has 146 valence electrons. The summed E-state index contributed by atoms with van der Waals surface area (Å²) < 4.78 is 6.11. The Morgan fingerprint density at radius 2 is 1.71 bits per heavy atom. The minimum atomic E-state index is -0.963. The van der Waals surface area contributed by atoms with E-state index < -0.39 is 5.97 Å².